The van der Waals surface area contributed by atoms with Crippen molar-refractivity contribution in [2.75, 3.05) is 19.7 Å². The minimum atomic E-state index is -0.975. The number of carboxylic acid groups (broad SMARTS) is 1. The first-order chi connectivity index (χ1) is 13.6. The summed E-state index contributed by atoms with van der Waals surface area (Å²) in [6, 6.07) is 16.2. The van der Waals surface area contributed by atoms with Crippen LogP contribution in [0.4, 0.5) is 4.79 Å². The number of nitrogens with one attached hydrogen (secondary N) is 2. The second-order valence-electron chi connectivity index (χ2n) is 6.50. The lowest BCUT2D eigenvalue weighted by atomic mass is 9.98. The molecular formula is C21H22N2O5. The van der Waals surface area contributed by atoms with Gasteiger partial charge in [-0.25, -0.2) is 4.79 Å². The summed E-state index contributed by atoms with van der Waals surface area (Å²) in [4.78, 5) is 33.9. The van der Waals surface area contributed by atoms with Crippen molar-refractivity contribution in [3.05, 3.63) is 59.7 Å². The average molecular weight is 382 g/mol. The van der Waals surface area contributed by atoms with E-state index in [0.717, 1.165) is 22.3 Å². The predicted molar refractivity (Wildman–Crippen MR) is 103 cm³/mol. The van der Waals surface area contributed by atoms with E-state index < -0.39 is 12.1 Å². The van der Waals surface area contributed by atoms with Crippen LogP contribution in [0.2, 0.25) is 0 Å². The minimum absolute atomic E-state index is 0.0162. The Bertz CT molecular complexity index is 835. The topological polar surface area (TPSA) is 105 Å². The lowest BCUT2D eigenvalue weighted by Gasteiger charge is -2.14. The maximum Gasteiger partial charge on any atom is 0.407 e. The summed E-state index contributed by atoms with van der Waals surface area (Å²) >= 11 is 0. The third kappa shape index (κ3) is 4.68. The van der Waals surface area contributed by atoms with Gasteiger partial charge in [0.05, 0.1) is 6.42 Å². The van der Waals surface area contributed by atoms with Crippen molar-refractivity contribution < 1.29 is 24.2 Å². The van der Waals surface area contributed by atoms with Crippen LogP contribution in [-0.2, 0) is 14.3 Å². The van der Waals surface area contributed by atoms with Crippen LogP contribution in [0, 0.1) is 0 Å². The first-order valence-corrected chi connectivity index (χ1v) is 9.13. The fourth-order valence-electron chi connectivity index (χ4n) is 3.32. The predicted octanol–water partition coefficient (Wildman–Crippen LogP) is 2.51. The van der Waals surface area contributed by atoms with E-state index in [9.17, 15) is 14.4 Å². The van der Waals surface area contributed by atoms with Gasteiger partial charge in [-0.15, -0.1) is 0 Å². The quantitative estimate of drug-likeness (QED) is 0.651. The highest BCUT2D eigenvalue weighted by Crippen LogP contribution is 2.44. The highest BCUT2D eigenvalue weighted by molar-refractivity contribution is 5.79. The molecule has 0 aromatic heterocycles. The molecule has 1 aliphatic rings. The summed E-state index contributed by atoms with van der Waals surface area (Å²) in [7, 11) is 0. The molecule has 0 spiro atoms. The summed E-state index contributed by atoms with van der Waals surface area (Å²) in [6.07, 6.45) is -0.657. The highest BCUT2D eigenvalue weighted by Gasteiger charge is 2.28. The fourth-order valence-corrected chi connectivity index (χ4v) is 3.32. The van der Waals surface area contributed by atoms with Gasteiger partial charge in [-0.05, 0) is 22.3 Å². The molecule has 3 rings (SSSR count). The number of rotatable bonds is 8. The van der Waals surface area contributed by atoms with E-state index in [-0.39, 0.29) is 44.4 Å². The Labute approximate surface area is 162 Å². The van der Waals surface area contributed by atoms with Gasteiger partial charge in [-0.3, -0.25) is 9.59 Å². The fraction of sp³-hybridized carbons (Fsp3) is 0.286. The molecule has 0 radical (unpaired) electrons. The standard InChI is InChI=1S/C21H22N2O5/c24-19(22-12-10-20(25)26)9-11-23-21(27)28-13-18-16-7-3-1-5-14(16)15-6-2-4-8-17(15)18/h1-8,18H,9-13H2,(H,22,24)(H,23,27)(H,25,26). The number of carbonyl (C=O) groups excluding carboxylic acids is 2. The SMILES string of the molecule is O=C(O)CCNC(=O)CCNC(=O)OCC1c2ccccc2-c2ccccc21. The number of alkyl carbamates (subject to hydrolysis) is 1. The second kappa shape index (κ2) is 9.03. The van der Waals surface area contributed by atoms with Crippen LogP contribution in [-0.4, -0.2) is 42.8 Å². The van der Waals surface area contributed by atoms with Gasteiger partial charge >= 0.3 is 12.1 Å². The molecule has 0 atom stereocenters. The summed E-state index contributed by atoms with van der Waals surface area (Å²) in [5.41, 5.74) is 4.58. The van der Waals surface area contributed by atoms with Crippen LogP contribution in [0.15, 0.2) is 48.5 Å². The Kier molecular flexibility index (Phi) is 6.26. The number of hydrogen-bond donors (Lipinski definition) is 3. The molecule has 3 N–H and O–H groups in total. The van der Waals surface area contributed by atoms with Crippen molar-refractivity contribution in [1.82, 2.24) is 10.6 Å². The molecule has 0 saturated carbocycles. The van der Waals surface area contributed by atoms with Crippen LogP contribution >= 0.6 is 0 Å². The van der Waals surface area contributed by atoms with E-state index in [2.05, 4.69) is 22.8 Å². The average Bonchev–Trinajstić information content (AvgIpc) is 3.00. The van der Waals surface area contributed by atoms with Gasteiger partial charge in [0.15, 0.2) is 0 Å². The van der Waals surface area contributed by atoms with E-state index >= 15 is 0 Å². The molecule has 7 nitrogen and oxygen atoms in total. The van der Waals surface area contributed by atoms with Gasteiger partial charge in [0.25, 0.3) is 0 Å². The van der Waals surface area contributed by atoms with Crippen LogP contribution < -0.4 is 10.6 Å². The first-order valence-electron chi connectivity index (χ1n) is 9.13. The third-order valence-electron chi connectivity index (χ3n) is 4.63. The molecule has 28 heavy (non-hydrogen) atoms. The molecule has 0 fully saturated rings. The molecular weight excluding hydrogens is 360 g/mol. The molecule has 146 valence electrons. The van der Waals surface area contributed by atoms with Gasteiger partial charge in [0.2, 0.25) is 5.91 Å². The maximum absolute atomic E-state index is 12.0. The molecule has 1 aliphatic carbocycles. The van der Waals surface area contributed by atoms with E-state index in [1.165, 1.54) is 0 Å². The first kappa shape index (κ1) is 19.4. The van der Waals surface area contributed by atoms with Gasteiger partial charge in [0, 0.05) is 25.4 Å². The van der Waals surface area contributed by atoms with E-state index in [4.69, 9.17) is 9.84 Å². The van der Waals surface area contributed by atoms with Crippen molar-refractivity contribution in [1.29, 1.82) is 0 Å². The van der Waals surface area contributed by atoms with E-state index in [0.29, 0.717) is 0 Å². The van der Waals surface area contributed by atoms with Crippen molar-refractivity contribution in [3.8, 4) is 11.1 Å². The van der Waals surface area contributed by atoms with Gasteiger partial charge in [-0.1, -0.05) is 48.5 Å². The highest BCUT2D eigenvalue weighted by atomic mass is 16.5. The molecule has 2 amide bonds. The van der Waals surface area contributed by atoms with Crippen molar-refractivity contribution in [2.45, 2.75) is 18.8 Å². The molecule has 0 saturated heterocycles. The number of carbonyl (C=O) groups is 3. The number of amides is 2. The third-order valence-corrected chi connectivity index (χ3v) is 4.63. The zero-order valence-electron chi connectivity index (χ0n) is 15.3. The molecule has 0 aliphatic heterocycles. The molecule has 0 heterocycles. The number of ether oxygens (including phenoxy) is 1. The Balaban J connectivity index is 1.46. The number of aliphatic carboxylic acids is 1. The Morgan fingerprint density at radius 3 is 2.04 bits per heavy atom. The van der Waals surface area contributed by atoms with Crippen LogP contribution in [0.3, 0.4) is 0 Å². The number of benzene rings is 2. The van der Waals surface area contributed by atoms with E-state index in [1.54, 1.807) is 0 Å². The van der Waals surface area contributed by atoms with Crippen molar-refractivity contribution >= 4 is 18.0 Å². The Morgan fingerprint density at radius 1 is 0.857 bits per heavy atom. The summed E-state index contributed by atoms with van der Waals surface area (Å²) in [5, 5.41) is 13.5. The van der Waals surface area contributed by atoms with Gasteiger partial charge < -0.3 is 20.5 Å². The maximum atomic E-state index is 12.0. The number of carboxylic acids is 1. The zero-order chi connectivity index (χ0) is 19.9. The Morgan fingerprint density at radius 2 is 1.43 bits per heavy atom. The summed E-state index contributed by atoms with van der Waals surface area (Å²) < 4.78 is 5.37. The van der Waals surface area contributed by atoms with E-state index in [1.807, 2.05) is 36.4 Å². The smallest absolute Gasteiger partial charge is 0.407 e. The number of hydrogen-bond acceptors (Lipinski definition) is 4. The molecule has 7 heteroatoms. The monoisotopic (exact) mass is 382 g/mol. The molecule has 2 aromatic rings. The molecule has 2 aromatic carbocycles. The largest absolute Gasteiger partial charge is 0.481 e. The van der Waals surface area contributed by atoms with Crippen LogP contribution in [0.1, 0.15) is 29.9 Å². The summed E-state index contributed by atoms with van der Waals surface area (Å²) in [6.45, 7) is 0.402. The molecule has 0 unspecified atom stereocenters. The van der Waals surface area contributed by atoms with Gasteiger partial charge in [0.1, 0.15) is 6.61 Å². The normalized spacial score (nSPS) is 12.0. The second-order valence-corrected chi connectivity index (χ2v) is 6.50. The van der Waals surface area contributed by atoms with Crippen LogP contribution in [0.5, 0.6) is 0 Å². The van der Waals surface area contributed by atoms with Crippen molar-refractivity contribution in [3.63, 3.8) is 0 Å². The molecule has 0 bridgehead atoms. The lowest BCUT2D eigenvalue weighted by Crippen LogP contribution is -2.32. The number of fused-ring (bicyclic) bond motifs is 3. The lowest BCUT2D eigenvalue weighted by molar-refractivity contribution is -0.136. The van der Waals surface area contributed by atoms with Gasteiger partial charge in [-0.2, -0.15) is 0 Å². The summed E-state index contributed by atoms with van der Waals surface area (Å²) in [5.74, 6) is -1.31. The zero-order valence-corrected chi connectivity index (χ0v) is 15.3. The van der Waals surface area contributed by atoms with Crippen molar-refractivity contribution in [2.24, 2.45) is 0 Å². The van der Waals surface area contributed by atoms with Crippen LogP contribution in [0.25, 0.3) is 11.1 Å². The Hall–Kier alpha value is -3.35. The minimum Gasteiger partial charge on any atom is -0.481 e.